The van der Waals surface area contributed by atoms with Crippen molar-refractivity contribution in [3.8, 4) is 5.88 Å². The first-order valence-electron chi connectivity index (χ1n) is 6.44. The number of hydrogen-bond acceptors (Lipinski definition) is 5. The molecule has 0 spiro atoms. The van der Waals surface area contributed by atoms with Crippen LogP contribution in [0.25, 0.3) is 0 Å². The van der Waals surface area contributed by atoms with Gasteiger partial charge in [0, 0.05) is 32.4 Å². The molecule has 98 valence electrons. The van der Waals surface area contributed by atoms with Crippen molar-refractivity contribution in [1.29, 1.82) is 0 Å². The lowest BCUT2D eigenvalue weighted by Gasteiger charge is -2.43. The lowest BCUT2D eigenvalue weighted by molar-refractivity contribution is -0.0660. The fraction of sp³-hybridized carbons (Fsp3) is 0.615. The third-order valence-electron chi connectivity index (χ3n) is 3.74. The van der Waals surface area contributed by atoms with Gasteiger partial charge in [-0.25, -0.2) is 4.98 Å². The molecule has 5 heteroatoms. The second-order valence-corrected chi connectivity index (χ2v) is 4.75. The van der Waals surface area contributed by atoms with Crippen LogP contribution in [0, 0.1) is 0 Å². The van der Waals surface area contributed by atoms with Gasteiger partial charge in [0.15, 0.2) is 0 Å². The van der Waals surface area contributed by atoms with Gasteiger partial charge < -0.3 is 14.4 Å². The van der Waals surface area contributed by atoms with Crippen LogP contribution in [-0.2, 0) is 4.74 Å². The minimum Gasteiger partial charge on any atom is -0.480 e. The standard InChI is InChI=1S/C13H19N3O2/c1-17-13-12(3-2-4-14-13)16-7-5-15(6-8-16)11-9-18-10-11/h2-4,11H,5-10H2,1H3. The number of aromatic nitrogens is 1. The largest absolute Gasteiger partial charge is 0.480 e. The smallest absolute Gasteiger partial charge is 0.237 e. The summed E-state index contributed by atoms with van der Waals surface area (Å²) in [7, 11) is 1.67. The van der Waals surface area contributed by atoms with Crippen LogP contribution < -0.4 is 9.64 Å². The first-order chi connectivity index (χ1) is 8.88. The maximum atomic E-state index is 5.32. The number of anilines is 1. The third kappa shape index (κ3) is 2.15. The molecule has 1 aromatic heterocycles. The van der Waals surface area contributed by atoms with Crippen molar-refractivity contribution in [2.24, 2.45) is 0 Å². The second-order valence-electron chi connectivity index (χ2n) is 4.75. The van der Waals surface area contributed by atoms with Crippen LogP contribution in [0.4, 0.5) is 5.69 Å². The summed E-state index contributed by atoms with van der Waals surface area (Å²) in [6, 6.07) is 4.68. The summed E-state index contributed by atoms with van der Waals surface area (Å²) >= 11 is 0. The molecular formula is C13H19N3O2. The molecule has 2 aliphatic heterocycles. The van der Waals surface area contributed by atoms with Gasteiger partial charge in [0.2, 0.25) is 5.88 Å². The summed E-state index contributed by atoms with van der Waals surface area (Å²) < 4.78 is 10.6. The average Bonchev–Trinajstić information content (AvgIpc) is 2.38. The van der Waals surface area contributed by atoms with Crippen molar-refractivity contribution in [3.63, 3.8) is 0 Å². The Labute approximate surface area is 107 Å². The van der Waals surface area contributed by atoms with E-state index in [1.165, 1.54) is 0 Å². The van der Waals surface area contributed by atoms with Crippen LogP contribution in [0.2, 0.25) is 0 Å². The molecule has 0 aromatic carbocycles. The van der Waals surface area contributed by atoms with Crippen molar-refractivity contribution < 1.29 is 9.47 Å². The summed E-state index contributed by atoms with van der Waals surface area (Å²) in [6.45, 7) is 6.03. The molecule has 0 amide bonds. The van der Waals surface area contributed by atoms with Crippen LogP contribution in [0.5, 0.6) is 5.88 Å². The van der Waals surface area contributed by atoms with Gasteiger partial charge in [-0.05, 0) is 12.1 Å². The highest BCUT2D eigenvalue weighted by atomic mass is 16.5. The summed E-state index contributed by atoms with van der Waals surface area (Å²) in [5, 5.41) is 0. The zero-order chi connectivity index (χ0) is 12.4. The molecule has 5 nitrogen and oxygen atoms in total. The Balaban J connectivity index is 1.64. The van der Waals surface area contributed by atoms with E-state index in [4.69, 9.17) is 9.47 Å². The normalized spacial score (nSPS) is 21.7. The van der Waals surface area contributed by atoms with E-state index in [1.54, 1.807) is 13.3 Å². The van der Waals surface area contributed by atoms with E-state index in [1.807, 2.05) is 6.07 Å². The van der Waals surface area contributed by atoms with Crippen LogP contribution in [-0.4, -0.2) is 62.4 Å². The lowest BCUT2D eigenvalue weighted by Crippen LogP contribution is -2.56. The van der Waals surface area contributed by atoms with E-state index in [9.17, 15) is 0 Å². The van der Waals surface area contributed by atoms with Crippen molar-refractivity contribution in [3.05, 3.63) is 18.3 Å². The van der Waals surface area contributed by atoms with Gasteiger partial charge in [0.05, 0.1) is 32.1 Å². The Morgan fingerprint density at radius 1 is 1.28 bits per heavy atom. The van der Waals surface area contributed by atoms with E-state index in [0.717, 1.165) is 51.0 Å². The maximum Gasteiger partial charge on any atom is 0.237 e. The second kappa shape index (κ2) is 5.12. The zero-order valence-corrected chi connectivity index (χ0v) is 10.7. The van der Waals surface area contributed by atoms with Crippen molar-refractivity contribution in [1.82, 2.24) is 9.88 Å². The minimum atomic E-state index is 0.642. The average molecular weight is 249 g/mol. The number of hydrogen-bond donors (Lipinski definition) is 0. The SMILES string of the molecule is COc1ncccc1N1CCN(C2COC2)CC1. The predicted molar refractivity (Wildman–Crippen MR) is 69.2 cm³/mol. The monoisotopic (exact) mass is 249 g/mol. The molecule has 2 saturated heterocycles. The Kier molecular flexibility index (Phi) is 3.34. The zero-order valence-electron chi connectivity index (χ0n) is 10.7. The highest BCUT2D eigenvalue weighted by Gasteiger charge is 2.29. The van der Waals surface area contributed by atoms with E-state index >= 15 is 0 Å². The lowest BCUT2D eigenvalue weighted by atomic mass is 10.1. The number of pyridine rings is 1. The summed E-state index contributed by atoms with van der Waals surface area (Å²) in [5.41, 5.74) is 1.10. The van der Waals surface area contributed by atoms with Crippen LogP contribution in [0.15, 0.2) is 18.3 Å². The molecule has 0 atom stereocenters. The molecule has 18 heavy (non-hydrogen) atoms. The summed E-state index contributed by atoms with van der Waals surface area (Å²) in [6.07, 6.45) is 1.77. The van der Waals surface area contributed by atoms with E-state index in [2.05, 4.69) is 20.9 Å². The Morgan fingerprint density at radius 2 is 2.06 bits per heavy atom. The molecular weight excluding hydrogens is 230 g/mol. The van der Waals surface area contributed by atoms with Crippen LogP contribution in [0.3, 0.4) is 0 Å². The highest BCUT2D eigenvalue weighted by molar-refractivity contribution is 5.55. The van der Waals surface area contributed by atoms with Crippen LogP contribution >= 0.6 is 0 Å². The molecule has 2 aliphatic rings. The van der Waals surface area contributed by atoms with E-state index < -0.39 is 0 Å². The topological polar surface area (TPSA) is 37.8 Å². The van der Waals surface area contributed by atoms with Crippen molar-refractivity contribution in [2.45, 2.75) is 6.04 Å². The summed E-state index contributed by atoms with van der Waals surface area (Å²) in [5.74, 6) is 0.720. The van der Waals surface area contributed by atoms with Gasteiger partial charge in [-0.3, -0.25) is 4.90 Å². The number of rotatable bonds is 3. The highest BCUT2D eigenvalue weighted by Crippen LogP contribution is 2.26. The molecule has 0 unspecified atom stereocenters. The van der Waals surface area contributed by atoms with Crippen LogP contribution in [0.1, 0.15) is 0 Å². The first-order valence-corrected chi connectivity index (χ1v) is 6.44. The van der Waals surface area contributed by atoms with Gasteiger partial charge in [-0.1, -0.05) is 0 Å². The Bertz CT molecular complexity index is 401. The minimum absolute atomic E-state index is 0.642. The van der Waals surface area contributed by atoms with E-state index in [0.29, 0.717) is 6.04 Å². The fourth-order valence-corrected chi connectivity index (χ4v) is 2.54. The molecule has 0 N–H and O–H groups in total. The van der Waals surface area contributed by atoms with Gasteiger partial charge in [0.25, 0.3) is 0 Å². The van der Waals surface area contributed by atoms with Gasteiger partial charge in [0.1, 0.15) is 0 Å². The molecule has 3 rings (SSSR count). The van der Waals surface area contributed by atoms with Crippen molar-refractivity contribution >= 4 is 5.69 Å². The number of ether oxygens (including phenoxy) is 2. The first kappa shape index (κ1) is 11.7. The Morgan fingerprint density at radius 3 is 2.67 bits per heavy atom. The molecule has 0 aliphatic carbocycles. The molecule has 1 aromatic rings. The fourth-order valence-electron chi connectivity index (χ4n) is 2.54. The van der Waals surface area contributed by atoms with Gasteiger partial charge in [-0.15, -0.1) is 0 Å². The Hall–Kier alpha value is -1.33. The molecule has 0 saturated carbocycles. The number of nitrogens with zero attached hydrogens (tertiary/aromatic N) is 3. The third-order valence-corrected chi connectivity index (χ3v) is 3.74. The van der Waals surface area contributed by atoms with Crippen molar-refractivity contribution in [2.75, 3.05) is 51.4 Å². The van der Waals surface area contributed by atoms with E-state index in [-0.39, 0.29) is 0 Å². The maximum absolute atomic E-state index is 5.32. The summed E-state index contributed by atoms with van der Waals surface area (Å²) in [4.78, 5) is 9.12. The molecule has 2 fully saturated rings. The molecule has 0 radical (unpaired) electrons. The number of piperazine rings is 1. The van der Waals surface area contributed by atoms with Gasteiger partial charge >= 0.3 is 0 Å². The quantitative estimate of drug-likeness (QED) is 0.784. The molecule has 0 bridgehead atoms. The predicted octanol–water partition coefficient (Wildman–Crippen LogP) is 0.611. The number of methoxy groups -OCH3 is 1. The van der Waals surface area contributed by atoms with Gasteiger partial charge in [-0.2, -0.15) is 0 Å². The molecule has 3 heterocycles.